The molecule has 0 heterocycles. The minimum Gasteiger partial charge on any atom is -0.497 e. The van der Waals surface area contributed by atoms with Gasteiger partial charge in [0.2, 0.25) is 10.0 Å². The molecule has 0 aliphatic heterocycles. The van der Waals surface area contributed by atoms with E-state index >= 15 is 0 Å². The lowest BCUT2D eigenvalue weighted by Gasteiger charge is -2.09. The summed E-state index contributed by atoms with van der Waals surface area (Å²) in [5, 5.41) is 19.0. The number of ether oxygens (including phenoxy) is 1. The van der Waals surface area contributed by atoms with Crippen LogP contribution < -0.4 is 15.2 Å². The molecule has 0 unspecified atom stereocenters. The van der Waals surface area contributed by atoms with Crippen molar-refractivity contribution in [2.45, 2.75) is 11.4 Å². The maximum Gasteiger partial charge on any atom is 0.293 e. The van der Waals surface area contributed by atoms with Crippen LogP contribution >= 0.6 is 0 Å². The maximum atomic E-state index is 11.3. The van der Waals surface area contributed by atoms with E-state index in [0.29, 0.717) is 12.3 Å². The Kier molecular flexibility index (Phi) is 4.82. The fraction of sp³-hybridized carbons (Fsp3) is 0.143. The van der Waals surface area contributed by atoms with Crippen LogP contribution in [0.2, 0.25) is 0 Å². The van der Waals surface area contributed by atoms with E-state index < -0.39 is 14.9 Å². The summed E-state index contributed by atoms with van der Waals surface area (Å²) >= 11 is 0. The largest absolute Gasteiger partial charge is 0.497 e. The molecule has 2 aromatic rings. The van der Waals surface area contributed by atoms with Crippen molar-refractivity contribution in [3.63, 3.8) is 0 Å². The maximum absolute atomic E-state index is 11.3. The number of nitrogens with one attached hydrogen (secondary N) is 1. The molecule has 0 bridgehead atoms. The average molecular weight is 337 g/mol. The second-order valence-electron chi connectivity index (χ2n) is 4.68. The molecule has 0 aromatic heterocycles. The smallest absolute Gasteiger partial charge is 0.293 e. The Morgan fingerprint density at radius 2 is 1.87 bits per heavy atom. The average Bonchev–Trinajstić information content (AvgIpc) is 2.52. The third-order valence-electron chi connectivity index (χ3n) is 3.14. The third-order valence-corrected chi connectivity index (χ3v) is 4.05. The van der Waals surface area contributed by atoms with Gasteiger partial charge in [-0.3, -0.25) is 10.1 Å². The molecule has 0 atom stereocenters. The van der Waals surface area contributed by atoms with Crippen LogP contribution in [0, 0.1) is 10.1 Å². The van der Waals surface area contributed by atoms with Gasteiger partial charge in [-0.25, -0.2) is 13.6 Å². The number of anilines is 1. The van der Waals surface area contributed by atoms with Crippen LogP contribution in [-0.4, -0.2) is 20.5 Å². The molecule has 122 valence electrons. The number of benzene rings is 2. The predicted molar refractivity (Wildman–Crippen MR) is 84.8 cm³/mol. The van der Waals surface area contributed by atoms with Crippen molar-refractivity contribution >= 4 is 21.4 Å². The molecule has 2 aromatic carbocycles. The van der Waals surface area contributed by atoms with Crippen molar-refractivity contribution in [1.82, 2.24) is 0 Å². The number of rotatable bonds is 6. The second kappa shape index (κ2) is 6.63. The minimum atomic E-state index is -4.00. The standard InChI is InChI=1S/C14H15N3O5S/c1-22-11-4-2-10(3-5-11)9-16-13-7-6-12(23(15,20)21)8-14(13)17(18)19/h2-8,16H,9H2,1H3,(H2,15,20,21). The second-order valence-corrected chi connectivity index (χ2v) is 6.24. The third kappa shape index (κ3) is 4.18. The summed E-state index contributed by atoms with van der Waals surface area (Å²) in [4.78, 5) is 10.1. The molecule has 0 saturated carbocycles. The van der Waals surface area contributed by atoms with Gasteiger partial charge in [0.25, 0.3) is 5.69 Å². The molecule has 8 nitrogen and oxygen atoms in total. The number of hydrogen-bond donors (Lipinski definition) is 2. The summed E-state index contributed by atoms with van der Waals surface area (Å²) in [5.41, 5.74) is 0.735. The Morgan fingerprint density at radius 3 is 2.39 bits per heavy atom. The number of nitrogens with two attached hydrogens (primary N) is 1. The number of nitro benzene ring substituents is 1. The van der Waals surface area contributed by atoms with Gasteiger partial charge in [-0.15, -0.1) is 0 Å². The van der Waals surface area contributed by atoms with Gasteiger partial charge in [0.1, 0.15) is 11.4 Å². The highest BCUT2D eigenvalue weighted by Crippen LogP contribution is 2.27. The van der Waals surface area contributed by atoms with Crippen LogP contribution in [0.25, 0.3) is 0 Å². The molecule has 2 rings (SSSR count). The quantitative estimate of drug-likeness (QED) is 0.612. The minimum absolute atomic E-state index is 0.207. The van der Waals surface area contributed by atoms with Gasteiger partial charge in [0.15, 0.2) is 0 Å². The van der Waals surface area contributed by atoms with Crippen molar-refractivity contribution in [2.24, 2.45) is 5.14 Å². The van der Waals surface area contributed by atoms with Gasteiger partial charge in [0, 0.05) is 12.6 Å². The summed E-state index contributed by atoms with van der Waals surface area (Å²) in [6.45, 7) is 0.333. The number of hydrogen-bond acceptors (Lipinski definition) is 6. The van der Waals surface area contributed by atoms with Crippen molar-refractivity contribution in [3.05, 3.63) is 58.1 Å². The van der Waals surface area contributed by atoms with Crippen LogP contribution in [0.1, 0.15) is 5.56 Å². The molecule has 0 radical (unpaired) electrons. The molecule has 0 aliphatic carbocycles. The van der Waals surface area contributed by atoms with Crippen LogP contribution in [0.5, 0.6) is 5.75 Å². The van der Waals surface area contributed by atoms with E-state index in [4.69, 9.17) is 9.88 Å². The fourth-order valence-corrected chi connectivity index (χ4v) is 2.46. The first-order valence-corrected chi connectivity index (χ1v) is 8.04. The highest BCUT2D eigenvalue weighted by Gasteiger charge is 2.18. The zero-order chi connectivity index (χ0) is 17.0. The SMILES string of the molecule is COc1ccc(CNc2ccc(S(N)(=O)=O)cc2[N+](=O)[O-])cc1. The number of sulfonamides is 1. The highest BCUT2D eigenvalue weighted by molar-refractivity contribution is 7.89. The van der Waals surface area contributed by atoms with Gasteiger partial charge < -0.3 is 10.1 Å². The van der Waals surface area contributed by atoms with Crippen molar-refractivity contribution in [2.75, 3.05) is 12.4 Å². The Labute approximate surface area is 133 Å². The molecule has 3 N–H and O–H groups in total. The summed E-state index contributed by atoms with van der Waals surface area (Å²) < 4.78 is 27.6. The Balaban J connectivity index is 2.23. The normalized spacial score (nSPS) is 11.0. The van der Waals surface area contributed by atoms with E-state index in [-0.39, 0.29) is 16.3 Å². The number of primary sulfonamides is 1. The van der Waals surface area contributed by atoms with Crippen LogP contribution in [0.15, 0.2) is 47.4 Å². The Morgan fingerprint density at radius 1 is 1.22 bits per heavy atom. The molecular weight excluding hydrogens is 322 g/mol. The van der Waals surface area contributed by atoms with Crippen LogP contribution in [0.4, 0.5) is 11.4 Å². The topological polar surface area (TPSA) is 125 Å². The first-order chi connectivity index (χ1) is 10.8. The monoisotopic (exact) mass is 337 g/mol. The molecular formula is C14H15N3O5S. The number of nitro groups is 1. The highest BCUT2D eigenvalue weighted by atomic mass is 32.2. The first kappa shape index (κ1) is 16.7. The molecule has 0 saturated heterocycles. The Bertz CT molecular complexity index is 819. The summed E-state index contributed by atoms with van der Waals surface area (Å²) in [5.74, 6) is 0.706. The zero-order valence-corrected chi connectivity index (χ0v) is 13.0. The van der Waals surface area contributed by atoms with E-state index in [1.54, 1.807) is 19.2 Å². The molecule has 0 amide bonds. The summed E-state index contributed by atoms with van der Waals surface area (Å²) in [6.07, 6.45) is 0. The first-order valence-electron chi connectivity index (χ1n) is 6.49. The summed E-state index contributed by atoms with van der Waals surface area (Å²) in [6, 6.07) is 10.7. The lowest BCUT2D eigenvalue weighted by molar-refractivity contribution is -0.384. The van der Waals surface area contributed by atoms with Gasteiger partial charge in [-0.1, -0.05) is 12.1 Å². The van der Waals surface area contributed by atoms with Gasteiger partial charge in [-0.05, 0) is 29.8 Å². The predicted octanol–water partition coefficient (Wildman–Crippen LogP) is 1.86. The van der Waals surface area contributed by atoms with Crippen molar-refractivity contribution in [3.8, 4) is 5.75 Å². The van der Waals surface area contributed by atoms with Crippen molar-refractivity contribution < 1.29 is 18.1 Å². The van der Waals surface area contributed by atoms with E-state index in [1.165, 1.54) is 12.1 Å². The molecule has 0 fully saturated rings. The lowest BCUT2D eigenvalue weighted by Crippen LogP contribution is -2.13. The van der Waals surface area contributed by atoms with E-state index in [0.717, 1.165) is 11.6 Å². The van der Waals surface area contributed by atoms with Crippen LogP contribution in [-0.2, 0) is 16.6 Å². The number of nitrogens with zero attached hydrogens (tertiary/aromatic N) is 1. The van der Waals surface area contributed by atoms with Gasteiger partial charge >= 0.3 is 0 Å². The fourth-order valence-electron chi connectivity index (χ4n) is 1.93. The van der Waals surface area contributed by atoms with E-state index in [2.05, 4.69) is 5.32 Å². The van der Waals surface area contributed by atoms with E-state index in [9.17, 15) is 18.5 Å². The molecule has 0 aliphatic rings. The van der Waals surface area contributed by atoms with Crippen LogP contribution in [0.3, 0.4) is 0 Å². The Hall–Kier alpha value is -2.65. The molecule has 9 heteroatoms. The lowest BCUT2D eigenvalue weighted by atomic mass is 10.2. The molecule has 23 heavy (non-hydrogen) atoms. The van der Waals surface area contributed by atoms with E-state index in [1.807, 2.05) is 12.1 Å². The zero-order valence-electron chi connectivity index (χ0n) is 12.2. The van der Waals surface area contributed by atoms with Crippen molar-refractivity contribution in [1.29, 1.82) is 0 Å². The van der Waals surface area contributed by atoms with Gasteiger partial charge in [-0.2, -0.15) is 0 Å². The molecule has 0 spiro atoms. The van der Waals surface area contributed by atoms with Gasteiger partial charge in [0.05, 0.1) is 16.9 Å². The number of methoxy groups -OCH3 is 1. The summed E-state index contributed by atoms with van der Waals surface area (Å²) in [7, 11) is -2.44.